The number of hydrogen-bond donors (Lipinski definition) is 0. The molecular weight excluding hydrogens is 426 g/mol. The predicted molar refractivity (Wildman–Crippen MR) is 109 cm³/mol. The molecule has 7 nitrogen and oxygen atoms in total. The van der Waals surface area contributed by atoms with E-state index in [4.69, 9.17) is 30.0 Å². The van der Waals surface area contributed by atoms with Crippen molar-refractivity contribution in [2.45, 2.75) is 44.2 Å². The summed E-state index contributed by atoms with van der Waals surface area (Å²) in [5.41, 5.74) is 1.78. The van der Waals surface area contributed by atoms with E-state index in [0.29, 0.717) is 22.6 Å². The van der Waals surface area contributed by atoms with E-state index in [1.54, 1.807) is 0 Å². The number of aromatic nitrogens is 1. The van der Waals surface area contributed by atoms with Crippen molar-refractivity contribution in [3.63, 3.8) is 0 Å². The van der Waals surface area contributed by atoms with E-state index >= 15 is 0 Å². The molecule has 0 unspecified atom stereocenters. The number of thiazole rings is 1. The number of rotatable bonds is 11. The first-order valence-corrected chi connectivity index (χ1v) is 10.7. The summed E-state index contributed by atoms with van der Waals surface area (Å²) >= 11 is 8.30. The maximum absolute atomic E-state index is 11.9. The van der Waals surface area contributed by atoms with Gasteiger partial charge in [-0.15, -0.1) is 11.3 Å². The number of esters is 1. The van der Waals surface area contributed by atoms with Crippen LogP contribution in [0.15, 0.2) is 16.5 Å². The molecule has 0 bridgehead atoms. The first kappa shape index (κ1) is 22.9. The minimum absolute atomic E-state index is 0.0159. The largest absolute Gasteiger partial charge is 0.460 e. The fourth-order valence-corrected chi connectivity index (χ4v) is 4.28. The predicted octanol–water partition coefficient (Wildman–Crippen LogP) is 4.53. The highest BCUT2D eigenvalue weighted by molar-refractivity contribution is 7.97. The Bertz CT molecular complexity index is 807. The van der Waals surface area contributed by atoms with Crippen molar-refractivity contribution in [3.05, 3.63) is 22.7 Å². The number of fused-ring (bicyclic) bond motifs is 1. The van der Waals surface area contributed by atoms with E-state index in [0.717, 1.165) is 27.8 Å². The minimum atomic E-state index is -0.600. The van der Waals surface area contributed by atoms with Crippen LogP contribution in [0, 0.1) is 6.92 Å². The Morgan fingerprint density at radius 1 is 1.18 bits per heavy atom. The third-order valence-corrected chi connectivity index (χ3v) is 5.43. The number of hydrogen-bond acceptors (Lipinski definition) is 9. The van der Waals surface area contributed by atoms with Gasteiger partial charge in [0.05, 0.1) is 23.1 Å². The van der Waals surface area contributed by atoms with E-state index in [2.05, 4.69) is 4.98 Å². The number of carbonyl (C=O) groups excluding carboxylic acids is 2. The Balaban J connectivity index is 1.74. The average molecular weight is 448 g/mol. The van der Waals surface area contributed by atoms with E-state index in [1.807, 2.05) is 32.9 Å². The molecule has 0 fully saturated rings. The molecular formula is C18H22ClNO6S2. The second-order valence-electron chi connectivity index (χ2n) is 5.61. The zero-order valence-corrected chi connectivity index (χ0v) is 18.2. The summed E-state index contributed by atoms with van der Waals surface area (Å²) in [4.78, 5) is 28.0. The van der Waals surface area contributed by atoms with Gasteiger partial charge in [-0.25, -0.2) is 4.98 Å². The summed E-state index contributed by atoms with van der Waals surface area (Å²) in [5.74, 6) is -1.04. The molecule has 0 aliphatic heterocycles. The van der Waals surface area contributed by atoms with Gasteiger partial charge in [0.1, 0.15) is 18.6 Å². The molecule has 28 heavy (non-hydrogen) atoms. The van der Waals surface area contributed by atoms with Crippen LogP contribution in [0.4, 0.5) is 0 Å². The lowest BCUT2D eigenvalue weighted by atomic mass is 10.2. The van der Waals surface area contributed by atoms with Gasteiger partial charge in [-0.2, -0.15) is 0 Å². The van der Waals surface area contributed by atoms with Gasteiger partial charge < -0.3 is 18.4 Å². The lowest BCUT2D eigenvalue weighted by Crippen LogP contribution is -2.25. The van der Waals surface area contributed by atoms with Gasteiger partial charge in [-0.3, -0.25) is 9.59 Å². The first-order valence-electron chi connectivity index (χ1n) is 8.75. The first-order chi connectivity index (χ1) is 13.4. The molecule has 0 saturated heterocycles. The highest BCUT2D eigenvalue weighted by Gasteiger charge is 2.15. The van der Waals surface area contributed by atoms with Crippen molar-refractivity contribution in [1.82, 2.24) is 4.98 Å². The second-order valence-corrected chi connectivity index (χ2v) is 8.06. The molecule has 0 radical (unpaired) electrons. The van der Waals surface area contributed by atoms with Crippen molar-refractivity contribution in [2.24, 2.45) is 0 Å². The number of nitrogens with zero attached hydrogens (tertiary/aromatic N) is 1. The lowest BCUT2D eigenvalue weighted by molar-refractivity contribution is -0.179. The summed E-state index contributed by atoms with van der Waals surface area (Å²) in [7, 11) is 0. The third kappa shape index (κ3) is 7.21. The zero-order chi connectivity index (χ0) is 20.5. The number of halogens is 1. The molecule has 1 aromatic carbocycles. The SMILES string of the molecule is CCOC(COC(=O)CCC(=O)OSc1nc2c(C)cc(Cl)cc2s1)OCC. The van der Waals surface area contributed by atoms with Crippen molar-refractivity contribution in [3.8, 4) is 0 Å². The van der Waals surface area contributed by atoms with Crippen LogP contribution in [0.2, 0.25) is 5.02 Å². The second kappa shape index (κ2) is 11.6. The standard InChI is InChI=1S/C18H22ClNO6S2/c1-4-23-16(24-5-2)10-25-14(21)6-7-15(22)26-28-18-20-17-11(3)8-12(19)9-13(17)27-18/h8-9,16H,4-7,10H2,1-3H3. The van der Waals surface area contributed by atoms with Crippen molar-refractivity contribution in [2.75, 3.05) is 19.8 Å². The molecule has 154 valence electrons. The van der Waals surface area contributed by atoms with Crippen molar-refractivity contribution in [1.29, 1.82) is 0 Å². The van der Waals surface area contributed by atoms with Gasteiger partial charge in [0.25, 0.3) is 0 Å². The zero-order valence-electron chi connectivity index (χ0n) is 15.9. The van der Waals surface area contributed by atoms with Gasteiger partial charge in [0, 0.05) is 18.2 Å². The molecule has 0 spiro atoms. The quantitative estimate of drug-likeness (QED) is 0.282. The highest BCUT2D eigenvalue weighted by Crippen LogP contribution is 2.33. The molecule has 0 N–H and O–H groups in total. The number of aryl methyl sites for hydroxylation is 1. The van der Waals surface area contributed by atoms with E-state index in [9.17, 15) is 9.59 Å². The number of ether oxygens (including phenoxy) is 3. The Hall–Kier alpha value is -1.39. The smallest absolute Gasteiger partial charge is 0.318 e. The van der Waals surface area contributed by atoms with Crippen LogP contribution in [-0.4, -0.2) is 43.0 Å². The van der Waals surface area contributed by atoms with E-state index in [-0.39, 0.29) is 19.4 Å². The third-order valence-electron chi connectivity index (χ3n) is 3.46. The Labute approximate surface area is 176 Å². The summed E-state index contributed by atoms with van der Waals surface area (Å²) in [6.07, 6.45) is -0.772. The molecule has 2 aromatic rings. The molecule has 2 rings (SSSR count). The summed E-state index contributed by atoms with van der Waals surface area (Å²) in [6, 6.07) is 3.65. The van der Waals surface area contributed by atoms with Crippen LogP contribution in [0.1, 0.15) is 32.3 Å². The number of carbonyl (C=O) groups is 2. The van der Waals surface area contributed by atoms with Gasteiger partial charge in [-0.1, -0.05) is 11.6 Å². The minimum Gasteiger partial charge on any atom is -0.460 e. The monoisotopic (exact) mass is 447 g/mol. The molecule has 10 heteroatoms. The maximum atomic E-state index is 11.9. The van der Waals surface area contributed by atoms with E-state index < -0.39 is 18.2 Å². The van der Waals surface area contributed by atoms with Gasteiger partial charge in [0.2, 0.25) is 0 Å². The number of benzene rings is 1. The molecule has 0 saturated carbocycles. The Kier molecular flexibility index (Phi) is 9.46. The van der Waals surface area contributed by atoms with Crippen LogP contribution in [0.5, 0.6) is 0 Å². The van der Waals surface area contributed by atoms with Gasteiger partial charge in [0.15, 0.2) is 10.6 Å². The molecule has 1 aromatic heterocycles. The van der Waals surface area contributed by atoms with Crippen LogP contribution in [-0.2, 0) is 28.0 Å². The van der Waals surface area contributed by atoms with E-state index in [1.165, 1.54) is 11.3 Å². The molecule has 0 atom stereocenters. The summed E-state index contributed by atoms with van der Waals surface area (Å²) < 4.78 is 22.2. The fraction of sp³-hybridized carbons (Fsp3) is 0.500. The molecule has 0 aliphatic carbocycles. The van der Waals surface area contributed by atoms with Crippen LogP contribution < -0.4 is 0 Å². The highest BCUT2D eigenvalue weighted by atomic mass is 35.5. The Morgan fingerprint density at radius 2 is 1.86 bits per heavy atom. The van der Waals surface area contributed by atoms with Crippen molar-refractivity contribution < 1.29 is 28.0 Å². The summed E-state index contributed by atoms with van der Waals surface area (Å²) in [6.45, 7) is 6.44. The summed E-state index contributed by atoms with van der Waals surface area (Å²) in [5, 5.41) is 0.636. The van der Waals surface area contributed by atoms with Crippen LogP contribution >= 0.6 is 35.0 Å². The van der Waals surface area contributed by atoms with Crippen LogP contribution in [0.3, 0.4) is 0 Å². The topological polar surface area (TPSA) is 84.0 Å². The molecule has 0 aliphatic rings. The van der Waals surface area contributed by atoms with Gasteiger partial charge in [-0.05, 0) is 38.5 Å². The molecule has 0 amide bonds. The maximum Gasteiger partial charge on any atom is 0.318 e. The van der Waals surface area contributed by atoms with Crippen LogP contribution in [0.25, 0.3) is 10.2 Å². The lowest BCUT2D eigenvalue weighted by Gasteiger charge is -2.16. The normalized spacial score (nSPS) is 11.2. The fourth-order valence-electron chi connectivity index (χ4n) is 2.25. The molecule has 1 heterocycles. The van der Waals surface area contributed by atoms with Crippen molar-refractivity contribution >= 4 is 57.1 Å². The van der Waals surface area contributed by atoms with Gasteiger partial charge >= 0.3 is 11.9 Å². The average Bonchev–Trinajstić information content (AvgIpc) is 3.06. The Morgan fingerprint density at radius 3 is 2.54 bits per heavy atom.